The molecule has 0 bridgehead atoms. The van der Waals surface area contributed by atoms with Gasteiger partial charge >= 0.3 is 6.03 Å². The molecule has 1 fully saturated rings. The number of hydrogen-bond donors (Lipinski definition) is 2. The summed E-state index contributed by atoms with van der Waals surface area (Å²) in [5.41, 5.74) is 3.26. The number of urea groups is 1. The molecule has 0 aliphatic heterocycles. The normalized spacial score (nSPS) is 15.1. The van der Waals surface area contributed by atoms with E-state index in [1.165, 1.54) is 18.4 Å². The van der Waals surface area contributed by atoms with E-state index in [1.807, 2.05) is 6.92 Å². The first-order chi connectivity index (χ1) is 10.7. The molecule has 22 heavy (non-hydrogen) atoms. The van der Waals surface area contributed by atoms with Gasteiger partial charge in [-0.3, -0.25) is 9.97 Å². The maximum atomic E-state index is 12.0. The van der Waals surface area contributed by atoms with Gasteiger partial charge in [0.25, 0.3) is 0 Å². The van der Waals surface area contributed by atoms with Gasteiger partial charge in [-0.1, -0.05) is 24.3 Å². The van der Waals surface area contributed by atoms with Crippen LogP contribution in [-0.2, 0) is 6.54 Å². The number of amides is 2. The Hall–Kier alpha value is -2.43. The summed E-state index contributed by atoms with van der Waals surface area (Å²) in [7, 11) is 0. The number of carbonyl (C=O) groups is 1. The second-order valence-corrected chi connectivity index (χ2v) is 5.69. The molecule has 1 saturated carbocycles. The van der Waals surface area contributed by atoms with Gasteiger partial charge < -0.3 is 10.6 Å². The highest BCUT2D eigenvalue weighted by Crippen LogP contribution is 2.40. The second kappa shape index (κ2) is 6.56. The van der Waals surface area contributed by atoms with Crippen LogP contribution < -0.4 is 10.6 Å². The number of aromatic nitrogens is 2. The lowest BCUT2D eigenvalue weighted by atomic mass is 10.0. The second-order valence-electron chi connectivity index (χ2n) is 5.69. The van der Waals surface area contributed by atoms with Gasteiger partial charge in [-0.15, -0.1) is 0 Å². The van der Waals surface area contributed by atoms with E-state index in [2.05, 4.69) is 44.9 Å². The maximum Gasteiger partial charge on any atom is 0.315 e. The Labute approximate surface area is 130 Å². The largest absolute Gasteiger partial charge is 0.332 e. The molecule has 5 heteroatoms. The Morgan fingerprint density at radius 1 is 1.36 bits per heavy atom. The SMILES string of the molecule is CC(NC(=O)NCc1cnccn1)c1cccc(C2CC2)c1. The molecule has 2 aromatic rings. The average molecular weight is 296 g/mol. The summed E-state index contributed by atoms with van der Waals surface area (Å²) in [6.07, 6.45) is 7.43. The minimum atomic E-state index is -0.199. The molecule has 1 aliphatic rings. The minimum absolute atomic E-state index is 0.0273. The lowest BCUT2D eigenvalue weighted by Crippen LogP contribution is -2.36. The summed E-state index contributed by atoms with van der Waals surface area (Å²) in [6, 6.07) is 8.27. The van der Waals surface area contributed by atoms with Crippen LogP contribution >= 0.6 is 0 Å². The number of hydrogen-bond acceptors (Lipinski definition) is 3. The third-order valence-corrected chi connectivity index (χ3v) is 3.85. The first-order valence-electron chi connectivity index (χ1n) is 7.61. The molecule has 1 heterocycles. The summed E-state index contributed by atoms with van der Waals surface area (Å²) >= 11 is 0. The number of rotatable bonds is 5. The Balaban J connectivity index is 1.53. The molecule has 0 spiro atoms. The van der Waals surface area contributed by atoms with Gasteiger partial charge in [0.1, 0.15) is 0 Å². The zero-order valence-corrected chi connectivity index (χ0v) is 12.6. The smallest absolute Gasteiger partial charge is 0.315 e. The van der Waals surface area contributed by atoms with E-state index in [1.54, 1.807) is 18.6 Å². The molecule has 114 valence electrons. The van der Waals surface area contributed by atoms with Gasteiger partial charge in [0, 0.05) is 12.4 Å². The molecular formula is C17H20N4O. The van der Waals surface area contributed by atoms with Crippen molar-refractivity contribution in [3.8, 4) is 0 Å². The van der Waals surface area contributed by atoms with Gasteiger partial charge in [0.15, 0.2) is 0 Å². The minimum Gasteiger partial charge on any atom is -0.332 e. The van der Waals surface area contributed by atoms with Crippen molar-refractivity contribution >= 4 is 6.03 Å². The van der Waals surface area contributed by atoms with E-state index in [-0.39, 0.29) is 12.1 Å². The van der Waals surface area contributed by atoms with Crippen LogP contribution in [0.3, 0.4) is 0 Å². The molecule has 1 aliphatic carbocycles. The number of nitrogens with one attached hydrogen (secondary N) is 2. The molecule has 2 amide bonds. The molecule has 3 rings (SSSR count). The number of carbonyl (C=O) groups excluding carboxylic acids is 1. The lowest BCUT2D eigenvalue weighted by Gasteiger charge is -2.16. The highest BCUT2D eigenvalue weighted by atomic mass is 16.2. The van der Waals surface area contributed by atoms with Crippen molar-refractivity contribution in [3.05, 3.63) is 59.7 Å². The number of nitrogens with zero attached hydrogens (tertiary/aromatic N) is 2. The third-order valence-electron chi connectivity index (χ3n) is 3.85. The van der Waals surface area contributed by atoms with Crippen LogP contribution in [-0.4, -0.2) is 16.0 Å². The quantitative estimate of drug-likeness (QED) is 0.891. The van der Waals surface area contributed by atoms with E-state index < -0.39 is 0 Å². The van der Waals surface area contributed by atoms with Crippen LogP contribution in [0.2, 0.25) is 0 Å². The zero-order valence-electron chi connectivity index (χ0n) is 12.6. The third kappa shape index (κ3) is 3.81. The summed E-state index contributed by atoms with van der Waals surface area (Å²) in [6.45, 7) is 2.36. The van der Waals surface area contributed by atoms with Crippen LogP contribution in [0.5, 0.6) is 0 Å². The van der Waals surface area contributed by atoms with Crippen molar-refractivity contribution in [2.75, 3.05) is 0 Å². The van der Waals surface area contributed by atoms with E-state index in [4.69, 9.17) is 0 Å². The Kier molecular flexibility index (Phi) is 4.32. The van der Waals surface area contributed by atoms with Crippen molar-refractivity contribution in [1.82, 2.24) is 20.6 Å². The summed E-state index contributed by atoms with van der Waals surface area (Å²) in [5.74, 6) is 0.720. The molecule has 5 nitrogen and oxygen atoms in total. The van der Waals surface area contributed by atoms with Gasteiger partial charge in [0.2, 0.25) is 0 Å². The lowest BCUT2D eigenvalue weighted by molar-refractivity contribution is 0.237. The van der Waals surface area contributed by atoms with E-state index in [0.29, 0.717) is 6.54 Å². The predicted molar refractivity (Wildman–Crippen MR) is 84.2 cm³/mol. The first kappa shape index (κ1) is 14.5. The summed E-state index contributed by atoms with van der Waals surface area (Å²) in [5, 5.41) is 5.75. The Bertz CT molecular complexity index is 640. The summed E-state index contributed by atoms with van der Waals surface area (Å²) < 4.78 is 0. The van der Waals surface area contributed by atoms with Crippen LogP contribution in [0.15, 0.2) is 42.9 Å². The van der Waals surface area contributed by atoms with Crippen molar-refractivity contribution in [2.45, 2.75) is 38.3 Å². The van der Waals surface area contributed by atoms with Crippen LogP contribution in [0.4, 0.5) is 4.79 Å². The molecule has 0 saturated heterocycles. The molecular weight excluding hydrogens is 276 g/mol. The van der Waals surface area contributed by atoms with Gasteiger partial charge in [-0.05, 0) is 36.8 Å². The number of benzene rings is 1. The standard InChI is InChI=1S/C17H20N4O/c1-12(14-3-2-4-15(9-14)13-5-6-13)21-17(22)20-11-16-10-18-7-8-19-16/h2-4,7-10,12-13H,5-6,11H2,1H3,(H2,20,21,22). The van der Waals surface area contributed by atoms with Crippen molar-refractivity contribution in [1.29, 1.82) is 0 Å². The van der Waals surface area contributed by atoms with Crippen molar-refractivity contribution < 1.29 is 4.79 Å². The van der Waals surface area contributed by atoms with E-state index >= 15 is 0 Å². The highest BCUT2D eigenvalue weighted by Gasteiger charge is 2.23. The fourth-order valence-electron chi connectivity index (χ4n) is 2.42. The first-order valence-corrected chi connectivity index (χ1v) is 7.61. The van der Waals surface area contributed by atoms with Crippen LogP contribution in [0.25, 0.3) is 0 Å². The monoisotopic (exact) mass is 296 g/mol. The van der Waals surface area contributed by atoms with E-state index in [9.17, 15) is 4.79 Å². The molecule has 2 N–H and O–H groups in total. The van der Waals surface area contributed by atoms with Gasteiger partial charge in [-0.2, -0.15) is 0 Å². The molecule has 1 aromatic heterocycles. The van der Waals surface area contributed by atoms with Crippen LogP contribution in [0.1, 0.15) is 48.5 Å². The molecule has 1 atom stereocenters. The average Bonchev–Trinajstić information content (AvgIpc) is 3.39. The fraction of sp³-hybridized carbons (Fsp3) is 0.353. The zero-order chi connectivity index (χ0) is 15.4. The predicted octanol–water partition coefficient (Wildman–Crippen LogP) is 2.91. The Morgan fingerprint density at radius 3 is 2.95 bits per heavy atom. The van der Waals surface area contributed by atoms with Crippen molar-refractivity contribution in [2.24, 2.45) is 0 Å². The fourth-order valence-corrected chi connectivity index (χ4v) is 2.42. The Morgan fingerprint density at radius 2 is 2.23 bits per heavy atom. The maximum absolute atomic E-state index is 12.0. The summed E-state index contributed by atoms with van der Waals surface area (Å²) in [4.78, 5) is 20.1. The van der Waals surface area contributed by atoms with Gasteiger partial charge in [0.05, 0.1) is 24.5 Å². The van der Waals surface area contributed by atoms with Crippen molar-refractivity contribution in [3.63, 3.8) is 0 Å². The van der Waals surface area contributed by atoms with E-state index in [0.717, 1.165) is 17.2 Å². The van der Waals surface area contributed by atoms with Gasteiger partial charge in [-0.25, -0.2) is 4.79 Å². The molecule has 1 unspecified atom stereocenters. The molecule has 1 aromatic carbocycles. The highest BCUT2D eigenvalue weighted by molar-refractivity contribution is 5.74. The topological polar surface area (TPSA) is 66.9 Å². The molecule has 0 radical (unpaired) electrons. The van der Waals surface area contributed by atoms with Crippen LogP contribution in [0, 0.1) is 0 Å².